The molecule has 3 aromatic carbocycles. The van der Waals surface area contributed by atoms with Crippen molar-refractivity contribution in [3.8, 4) is 11.5 Å². The summed E-state index contributed by atoms with van der Waals surface area (Å²) in [5.41, 5.74) is 7.73. The van der Waals surface area contributed by atoms with Crippen LogP contribution in [0.1, 0.15) is 34.0 Å². The van der Waals surface area contributed by atoms with Gasteiger partial charge in [0.15, 0.2) is 11.5 Å². The van der Waals surface area contributed by atoms with Gasteiger partial charge < -0.3 is 14.5 Å². The smallest absolute Gasteiger partial charge is 0.161 e. The zero-order valence-corrected chi connectivity index (χ0v) is 18.8. The normalized spacial score (nSPS) is 17.5. The average molecular weight is 445 g/mol. The number of hydrogen-bond donors (Lipinski definition) is 1. The number of halogens is 1. The third-order valence-corrected chi connectivity index (χ3v) is 7.08. The van der Waals surface area contributed by atoms with Crippen molar-refractivity contribution in [3.63, 3.8) is 0 Å². The van der Waals surface area contributed by atoms with Gasteiger partial charge in [-0.3, -0.25) is 4.90 Å². The fraction of sp³-hybridized carbons (Fsp3) is 0.259. The van der Waals surface area contributed by atoms with Gasteiger partial charge in [0.2, 0.25) is 0 Å². The van der Waals surface area contributed by atoms with Crippen molar-refractivity contribution in [2.75, 3.05) is 13.7 Å². The molecule has 0 saturated carbocycles. The maximum Gasteiger partial charge on any atom is 0.161 e. The largest absolute Gasteiger partial charge is 0.493 e. The van der Waals surface area contributed by atoms with Gasteiger partial charge in [-0.25, -0.2) is 0 Å². The van der Waals surface area contributed by atoms with Gasteiger partial charge in [0.05, 0.1) is 7.11 Å². The highest BCUT2D eigenvalue weighted by atomic mass is 35.5. The molecule has 0 amide bonds. The lowest BCUT2D eigenvalue weighted by molar-refractivity contribution is 0.158. The van der Waals surface area contributed by atoms with Crippen LogP contribution in [0.2, 0.25) is 5.02 Å². The van der Waals surface area contributed by atoms with Crippen molar-refractivity contribution in [1.82, 2.24) is 9.88 Å². The van der Waals surface area contributed by atoms with Gasteiger partial charge in [-0.15, -0.1) is 0 Å². The molecule has 32 heavy (non-hydrogen) atoms. The van der Waals surface area contributed by atoms with Crippen molar-refractivity contribution >= 4 is 22.5 Å². The van der Waals surface area contributed by atoms with Gasteiger partial charge in [-0.2, -0.15) is 0 Å². The van der Waals surface area contributed by atoms with Crippen molar-refractivity contribution in [2.24, 2.45) is 0 Å². The molecule has 1 atom stereocenters. The molecular weight excluding hydrogens is 420 g/mol. The monoisotopic (exact) mass is 444 g/mol. The number of H-pyrrole nitrogens is 1. The molecule has 5 heteroatoms. The number of benzene rings is 3. The maximum atomic E-state index is 6.31. The molecule has 0 spiro atoms. The predicted molar refractivity (Wildman–Crippen MR) is 128 cm³/mol. The van der Waals surface area contributed by atoms with Crippen LogP contribution in [-0.4, -0.2) is 23.5 Å². The second kappa shape index (κ2) is 7.88. The number of aromatic nitrogens is 1. The fourth-order valence-electron chi connectivity index (χ4n) is 5.24. The third-order valence-electron chi connectivity index (χ3n) is 6.85. The minimum Gasteiger partial charge on any atom is -0.493 e. The standard InChI is InChI=1S/C27H25ClN2O2/c1-31-26-14-20-18(11-27(26)32-16-17-5-3-2-4-6-17)9-10-30-15-24-22(13-25(20)30)21-12-19(28)7-8-23(21)29-24/h2-8,11-12,14,25,29H,9-10,13,15-16H2,1H3. The minimum absolute atomic E-state index is 0.335. The molecule has 0 aliphatic carbocycles. The van der Waals surface area contributed by atoms with E-state index >= 15 is 0 Å². The second-order valence-electron chi connectivity index (χ2n) is 8.69. The Morgan fingerprint density at radius 1 is 1.06 bits per heavy atom. The summed E-state index contributed by atoms with van der Waals surface area (Å²) in [5, 5.41) is 2.03. The van der Waals surface area contributed by atoms with Crippen molar-refractivity contribution in [2.45, 2.75) is 32.0 Å². The number of methoxy groups -OCH3 is 1. The summed E-state index contributed by atoms with van der Waals surface area (Å²) in [4.78, 5) is 6.19. The fourth-order valence-corrected chi connectivity index (χ4v) is 5.41. The zero-order chi connectivity index (χ0) is 21.7. The number of aromatic amines is 1. The summed E-state index contributed by atoms with van der Waals surface area (Å²) in [6, 6.07) is 21.1. The first kappa shape index (κ1) is 19.7. The molecule has 4 nitrogen and oxygen atoms in total. The number of rotatable bonds is 4. The summed E-state index contributed by atoms with van der Waals surface area (Å²) < 4.78 is 11.9. The van der Waals surface area contributed by atoms with Crippen LogP contribution in [-0.2, 0) is 26.0 Å². The molecule has 2 aliphatic heterocycles. The minimum atomic E-state index is 0.335. The van der Waals surface area contributed by atoms with Crippen LogP contribution in [0.15, 0.2) is 60.7 Å². The lowest BCUT2D eigenvalue weighted by Gasteiger charge is -2.40. The first-order chi connectivity index (χ1) is 15.7. The summed E-state index contributed by atoms with van der Waals surface area (Å²) in [6.07, 6.45) is 1.98. The van der Waals surface area contributed by atoms with Crippen LogP contribution >= 0.6 is 11.6 Å². The Hall–Kier alpha value is -2.95. The number of hydrogen-bond acceptors (Lipinski definition) is 3. The highest BCUT2D eigenvalue weighted by Crippen LogP contribution is 2.44. The van der Waals surface area contributed by atoms with Crippen LogP contribution in [0, 0.1) is 0 Å². The molecule has 0 radical (unpaired) electrons. The SMILES string of the molecule is COc1cc2c(cc1OCc1ccccc1)CCN1Cc3[nH]c4ccc(Cl)cc4c3CC21. The predicted octanol–water partition coefficient (Wildman–Crippen LogP) is 6.06. The van der Waals surface area contributed by atoms with Crippen LogP contribution in [0.3, 0.4) is 0 Å². The molecule has 1 unspecified atom stereocenters. The van der Waals surface area contributed by atoms with E-state index in [1.165, 1.54) is 33.3 Å². The first-order valence-corrected chi connectivity index (χ1v) is 11.5. The summed E-state index contributed by atoms with van der Waals surface area (Å²) >= 11 is 6.31. The molecular formula is C27H25ClN2O2. The van der Waals surface area contributed by atoms with E-state index in [0.29, 0.717) is 12.6 Å². The highest BCUT2D eigenvalue weighted by Gasteiger charge is 2.34. The van der Waals surface area contributed by atoms with Crippen LogP contribution in [0.25, 0.3) is 10.9 Å². The van der Waals surface area contributed by atoms with E-state index in [-0.39, 0.29) is 0 Å². The van der Waals surface area contributed by atoms with E-state index in [4.69, 9.17) is 21.1 Å². The van der Waals surface area contributed by atoms with Crippen molar-refractivity contribution < 1.29 is 9.47 Å². The average Bonchev–Trinajstić information content (AvgIpc) is 3.18. The van der Waals surface area contributed by atoms with Gasteiger partial charge in [0, 0.05) is 40.8 Å². The van der Waals surface area contributed by atoms with E-state index in [9.17, 15) is 0 Å². The quantitative estimate of drug-likeness (QED) is 0.415. The Morgan fingerprint density at radius 2 is 1.94 bits per heavy atom. The number of fused-ring (bicyclic) bond motifs is 6. The Kier molecular flexibility index (Phi) is 4.85. The third kappa shape index (κ3) is 3.35. The van der Waals surface area contributed by atoms with Crippen molar-refractivity contribution in [3.05, 3.63) is 93.6 Å². The van der Waals surface area contributed by atoms with E-state index in [0.717, 1.165) is 48.0 Å². The van der Waals surface area contributed by atoms with Crippen LogP contribution in [0.4, 0.5) is 0 Å². The molecule has 4 aromatic rings. The Balaban J connectivity index is 1.34. The Bertz CT molecular complexity index is 1300. The number of nitrogens with zero attached hydrogens (tertiary/aromatic N) is 1. The van der Waals surface area contributed by atoms with Gasteiger partial charge in [0.1, 0.15) is 6.61 Å². The Morgan fingerprint density at radius 3 is 2.78 bits per heavy atom. The summed E-state index contributed by atoms with van der Waals surface area (Å²) in [7, 11) is 1.72. The number of nitrogens with one attached hydrogen (secondary N) is 1. The first-order valence-electron chi connectivity index (χ1n) is 11.1. The molecule has 0 saturated heterocycles. The highest BCUT2D eigenvalue weighted by molar-refractivity contribution is 6.31. The van der Waals surface area contributed by atoms with Crippen LogP contribution < -0.4 is 9.47 Å². The molecule has 0 bridgehead atoms. The molecule has 0 fully saturated rings. The lowest BCUT2D eigenvalue weighted by Crippen LogP contribution is -2.39. The van der Waals surface area contributed by atoms with E-state index in [1.807, 2.05) is 24.3 Å². The topological polar surface area (TPSA) is 37.5 Å². The van der Waals surface area contributed by atoms with E-state index < -0.39 is 0 Å². The molecule has 1 aromatic heterocycles. The van der Waals surface area contributed by atoms with Gasteiger partial charge in [-0.1, -0.05) is 41.9 Å². The second-order valence-corrected chi connectivity index (χ2v) is 9.13. The zero-order valence-electron chi connectivity index (χ0n) is 18.0. The molecule has 3 heterocycles. The van der Waals surface area contributed by atoms with Gasteiger partial charge >= 0.3 is 0 Å². The summed E-state index contributed by atoms with van der Waals surface area (Å²) in [6.45, 7) is 2.50. The lowest BCUT2D eigenvalue weighted by atomic mass is 9.85. The molecule has 6 rings (SSSR count). The Labute approximate surface area is 192 Å². The molecule has 2 aliphatic rings. The molecule has 1 N–H and O–H groups in total. The maximum absolute atomic E-state index is 6.31. The van der Waals surface area contributed by atoms with Crippen molar-refractivity contribution in [1.29, 1.82) is 0 Å². The summed E-state index contributed by atoms with van der Waals surface area (Å²) in [5.74, 6) is 1.62. The van der Waals surface area contributed by atoms with Gasteiger partial charge in [-0.05, 0) is 65.4 Å². The van der Waals surface area contributed by atoms with E-state index in [2.05, 4.69) is 46.3 Å². The van der Waals surface area contributed by atoms with Crippen LogP contribution in [0.5, 0.6) is 11.5 Å². The number of ether oxygens (including phenoxy) is 2. The molecule has 162 valence electrons. The van der Waals surface area contributed by atoms with E-state index in [1.54, 1.807) is 7.11 Å². The van der Waals surface area contributed by atoms with Gasteiger partial charge in [0.25, 0.3) is 0 Å².